The summed E-state index contributed by atoms with van der Waals surface area (Å²) in [4.78, 5) is 18.5. The third-order valence-corrected chi connectivity index (χ3v) is 3.81. The number of nitrogens with zero attached hydrogens (tertiary/aromatic N) is 3. The average molecular weight is 294 g/mol. The molecule has 1 aliphatic heterocycles. The fourth-order valence-corrected chi connectivity index (χ4v) is 2.75. The molecule has 0 radical (unpaired) electrons. The van der Waals surface area contributed by atoms with Crippen LogP contribution in [0.25, 0.3) is 0 Å². The molecular weight excluding hydrogens is 268 g/mol. The van der Waals surface area contributed by atoms with E-state index in [2.05, 4.69) is 22.1 Å². The molecule has 0 bridgehead atoms. The van der Waals surface area contributed by atoms with Crippen LogP contribution in [-0.4, -0.2) is 47.9 Å². The first kappa shape index (κ1) is 16.0. The van der Waals surface area contributed by atoms with Crippen LogP contribution in [0.3, 0.4) is 0 Å². The molecule has 0 aliphatic carbocycles. The van der Waals surface area contributed by atoms with Gasteiger partial charge in [-0.3, -0.25) is 4.79 Å². The van der Waals surface area contributed by atoms with Crippen LogP contribution in [0.4, 0.5) is 5.82 Å². The number of rotatable bonds is 6. The monoisotopic (exact) mass is 294 g/mol. The molecule has 1 aliphatic rings. The predicted octanol–water partition coefficient (Wildman–Crippen LogP) is 0.764. The van der Waals surface area contributed by atoms with Crippen molar-refractivity contribution in [1.29, 1.82) is 0 Å². The van der Waals surface area contributed by atoms with Gasteiger partial charge in [0.1, 0.15) is 0 Å². The van der Waals surface area contributed by atoms with E-state index < -0.39 is 0 Å². The molecule has 2 rings (SSSR count). The number of piperidine rings is 1. The van der Waals surface area contributed by atoms with Gasteiger partial charge in [0.05, 0.1) is 6.61 Å². The van der Waals surface area contributed by atoms with E-state index in [0.717, 1.165) is 39.1 Å². The van der Waals surface area contributed by atoms with Crippen molar-refractivity contribution in [2.75, 3.05) is 31.2 Å². The Bertz CT molecular complexity index is 503. The second-order valence-electron chi connectivity index (χ2n) is 5.68. The highest BCUT2D eigenvalue weighted by atomic mass is 16.5. The lowest BCUT2D eigenvalue weighted by molar-refractivity contribution is 0.122. The van der Waals surface area contributed by atoms with Crippen molar-refractivity contribution in [3.8, 4) is 0 Å². The Balaban J connectivity index is 1.97. The van der Waals surface area contributed by atoms with Crippen LogP contribution in [0.1, 0.15) is 26.7 Å². The minimum absolute atomic E-state index is 0.0273. The standard InChI is InChI=1S/C15H26N4O2/c1-4-21-11-12(2)17-13-6-5-8-19(10-13)14-15(20)18(3)9-7-16-14/h7,9,12-13,17H,4-6,8,10-11H2,1-3H3/t12-,13+/m0/s1. The topological polar surface area (TPSA) is 59.4 Å². The summed E-state index contributed by atoms with van der Waals surface area (Å²) in [5.74, 6) is 0.559. The minimum Gasteiger partial charge on any atom is -0.380 e. The third kappa shape index (κ3) is 4.28. The van der Waals surface area contributed by atoms with E-state index >= 15 is 0 Å². The van der Waals surface area contributed by atoms with Gasteiger partial charge in [-0.05, 0) is 26.7 Å². The van der Waals surface area contributed by atoms with E-state index in [1.807, 2.05) is 6.92 Å². The fraction of sp³-hybridized carbons (Fsp3) is 0.733. The second kappa shape index (κ2) is 7.56. The molecule has 6 nitrogen and oxygen atoms in total. The molecular formula is C15H26N4O2. The normalized spacial score (nSPS) is 20.5. The van der Waals surface area contributed by atoms with E-state index in [-0.39, 0.29) is 5.56 Å². The van der Waals surface area contributed by atoms with Crippen molar-refractivity contribution >= 4 is 5.82 Å². The van der Waals surface area contributed by atoms with Gasteiger partial charge in [-0.15, -0.1) is 0 Å². The van der Waals surface area contributed by atoms with Gasteiger partial charge < -0.3 is 19.5 Å². The zero-order valence-corrected chi connectivity index (χ0v) is 13.2. The van der Waals surface area contributed by atoms with E-state index in [0.29, 0.717) is 17.9 Å². The molecule has 1 saturated heterocycles. The third-order valence-electron chi connectivity index (χ3n) is 3.81. The first-order valence-electron chi connectivity index (χ1n) is 7.72. The number of anilines is 1. The Morgan fingerprint density at radius 3 is 3.14 bits per heavy atom. The van der Waals surface area contributed by atoms with E-state index in [1.54, 1.807) is 24.0 Å². The van der Waals surface area contributed by atoms with Crippen molar-refractivity contribution in [1.82, 2.24) is 14.9 Å². The van der Waals surface area contributed by atoms with Gasteiger partial charge in [0.2, 0.25) is 0 Å². The highest BCUT2D eigenvalue weighted by molar-refractivity contribution is 5.36. The predicted molar refractivity (Wildman–Crippen MR) is 83.8 cm³/mol. The number of nitrogens with one attached hydrogen (secondary N) is 1. The van der Waals surface area contributed by atoms with Gasteiger partial charge in [-0.1, -0.05) is 0 Å². The van der Waals surface area contributed by atoms with Crippen molar-refractivity contribution in [3.05, 3.63) is 22.7 Å². The summed E-state index contributed by atoms with van der Waals surface area (Å²) in [6.07, 6.45) is 5.57. The Morgan fingerprint density at radius 2 is 2.38 bits per heavy atom. The zero-order valence-electron chi connectivity index (χ0n) is 13.2. The van der Waals surface area contributed by atoms with E-state index in [1.165, 1.54) is 0 Å². The summed E-state index contributed by atoms with van der Waals surface area (Å²) < 4.78 is 7.02. The van der Waals surface area contributed by atoms with Crippen LogP contribution in [0, 0.1) is 0 Å². The Morgan fingerprint density at radius 1 is 1.57 bits per heavy atom. The Labute approximate surface area is 126 Å². The van der Waals surface area contributed by atoms with Crippen LogP contribution in [0.15, 0.2) is 17.2 Å². The first-order chi connectivity index (χ1) is 10.1. The number of aryl methyl sites for hydroxylation is 1. The molecule has 1 aromatic heterocycles. The fourth-order valence-electron chi connectivity index (χ4n) is 2.75. The number of hydrogen-bond acceptors (Lipinski definition) is 5. The lowest BCUT2D eigenvalue weighted by Gasteiger charge is -2.35. The van der Waals surface area contributed by atoms with Gasteiger partial charge >= 0.3 is 0 Å². The number of ether oxygens (including phenoxy) is 1. The molecule has 2 atom stereocenters. The quantitative estimate of drug-likeness (QED) is 0.839. The summed E-state index contributed by atoms with van der Waals surface area (Å²) in [6, 6.07) is 0.697. The maximum atomic E-state index is 12.2. The second-order valence-corrected chi connectivity index (χ2v) is 5.68. The molecule has 0 aromatic carbocycles. The molecule has 0 amide bonds. The summed E-state index contributed by atoms with van der Waals surface area (Å²) in [5.41, 5.74) is -0.0273. The summed E-state index contributed by atoms with van der Waals surface area (Å²) in [5, 5.41) is 3.58. The van der Waals surface area contributed by atoms with Crippen molar-refractivity contribution in [3.63, 3.8) is 0 Å². The summed E-state index contributed by atoms with van der Waals surface area (Å²) >= 11 is 0. The van der Waals surface area contributed by atoms with E-state index in [9.17, 15) is 4.79 Å². The minimum atomic E-state index is -0.0273. The van der Waals surface area contributed by atoms with Gasteiger partial charge in [0, 0.05) is 51.2 Å². The van der Waals surface area contributed by atoms with Crippen LogP contribution in [0.5, 0.6) is 0 Å². The van der Waals surface area contributed by atoms with Crippen LogP contribution in [-0.2, 0) is 11.8 Å². The summed E-state index contributed by atoms with van der Waals surface area (Å²) in [7, 11) is 1.76. The van der Waals surface area contributed by atoms with E-state index in [4.69, 9.17) is 4.74 Å². The van der Waals surface area contributed by atoms with Gasteiger partial charge in [0.25, 0.3) is 5.56 Å². The molecule has 2 heterocycles. The smallest absolute Gasteiger partial charge is 0.293 e. The largest absolute Gasteiger partial charge is 0.380 e. The maximum absolute atomic E-state index is 12.2. The highest BCUT2D eigenvalue weighted by Crippen LogP contribution is 2.15. The molecule has 21 heavy (non-hydrogen) atoms. The highest BCUT2D eigenvalue weighted by Gasteiger charge is 2.23. The SMILES string of the molecule is CCOC[C@H](C)N[C@@H]1CCCN(c2nccn(C)c2=O)C1. The molecule has 1 fully saturated rings. The zero-order chi connectivity index (χ0) is 15.2. The molecule has 0 unspecified atom stereocenters. The molecule has 1 aromatic rings. The van der Waals surface area contributed by atoms with Crippen LogP contribution in [0.2, 0.25) is 0 Å². The number of aromatic nitrogens is 2. The molecule has 1 N–H and O–H groups in total. The van der Waals surface area contributed by atoms with Crippen molar-refractivity contribution in [2.45, 2.75) is 38.8 Å². The van der Waals surface area contributed by atoms with Gasteiger partial charge in [-0.25, -0.2) is 4.98 Å². The van der Waals surface area contributed by atoms with Crippen LogP contribution >= 0.6 is 0 Å². The van der Waals surface area contributed by atoms with Crippen molar-refractivity contribution in [2.24, 2.45) is 7.05 Å². The number of hydrogen-bond donors (Lipinski definition) is 1. The molecule has 118 valence electrons. The van der Waals surface area contributed by atoms with Crippen LogP contribution < -0.4 is 15.8 Å². The first-order valence-corrected chi connectivity index (χ1v) is 7.72. The summed E-state index contributed by atoms with van der Waals surface area (Å²) in [6.45, 7) is 7.32. The Hall–Kier alpha value is -1.40. The van der Waals surface area contributed by atoms with Crippen molar-refractivity contribution < 1.29 is 4.74 Å². The lowest BCUT2D eigenvalue weighted by atomic mass is 10.0. The lowest BCUT2D eigenvalue weighted by Crippen LogP contribution is -2.51. The molecule has 0 saturated carbocycles. The molecule has 0 spiro atoms. The maximum Gasteiger partial charge on any atom is 0.293 e. The van der Waals surface area contributed by atoms with Gasteiger partial charge in [-0.2, -0.15) is 0 Å². The Kier molecular flexibility index (Phi) is 5.76. The molecule has 6 heteroatoms. The average Bonchev–Trinajstić information content (AvgIpc) is 2.48. The van der Waals surface area contributed by atoms with Gasteiger partial charge in [0.15, 0.2) is 5.82 Å².